The van der Waals surface area contributed by atoms with E-state index in [1.165, 1.54) is 18.7 Å². The number of hydrogen-bond donors (Lipinski definition) is 2. The number of phosphoric acid groups is 1. The zero-order valence-electron chi connectivity index (χ0n) is 27.7. The number of piperidine rings is 1. The summed E-state index contributed by atoms with van der Waals surface area (Å²) in [7, 11) is -2.95. The Morgan fingerprint density at radius 2 is 1.84 bits per heavy atom. The lowest BCUT2D eigenvalue weighted by molar-refractivity contribution is -0.138. The number of rotatable bonds is 16. The number of aryl methyl sites for hydroxylation is 1. The predicted molar refractivity (Wildman–Crippen MR) is 185 cm³/mol. The number of carbonyl (C=O) groups is 4. The Morgan fingerprint density at radius 1 is 1.06 bits per heavy atom. The third-order valence-electron chi connectivity index (χ3n) is 8.63. The van der Waals surface area contributed by atoms with Crippen molar-refractivity contribution in [3.05, 3.63) is 64.9 Å². The molecule has 0 spiro atoms. The van der Waals surface area contributed by atoms with Crippen molar-refractivity contribution in [3.63, 3.8) is 0 Å². The number of hydrogen-bond acceptors (Lipinski definition) is 12. The van der Waals surface area contributed by atoms with Crippen molar-refractivity contribution >= 4 is 63.9 Å². The number of ketones is 2. The number of aromatic nitrogens is 5. The molecule has 1 aliphatic carbocycles. The first-order chi connectivity index (χ1) is 24.4. The van der Waals surface area contributed by atoms with E-state index in [2.05, 4.69) is 41.3 Å². The smallest absolute Gasteiger partial charge is 0.382 e. The molecule has 0 radical (unpaired) electrons. The molecule has 6 rings (SSSR count). The second-order valence-electron chi connectivity index (χ2n) is 12.2. The molecule has 16 nitrogen and oxygen atoms in total. The first-order valence-electron chi connectivity index (χ1n) is 16.1. The van der Waals surface area contributed by atoms with E-state index in [1.807, 2.05) is 6.07 Å². The Balaban J connectivity index is 1.11. The summed E-state index contributed by atoms with van der Waals surface area (Å²) in [6.07, 6.45) is 4.75. The lowest BCUT2D eigenvalue weighted by Gasteiger charge is -2.26. The van der Waals surface area contributed by atoms with Crippen molar-refractivity contribution in [3.8, 4) is 11.1 Å². The van der Waals surface area contributed by atoms with Gasteiger partial charge in [-0.3, -0.25) is 32.9 Å². The van der Waals surface area contributed by atoms with Gasteiger partial charge in [0.05, 0.1) is 18.7 Å². The summed E-state index contributed by atoms with van der Waals surface area (Å²) in [4.78, 5) is 76.1. The molecule has 4 aromatic rings. The maximum absolute atomic E-state index is 13.7. The lowest BCUT2D eigenvalue weighted by atomic mass is 10.0. The highest BCUT2D eigenvalue weighted by atomic mass is 79.9. The molecule has 2 N–H and O–H groups in total. The maximum atomic E-state index is 13.7. The summed E-state index contributed by atoms with van der Waals surface area (Å²) < 4.78 is 28.1. The summed E-state index contributed by atoms with van der Waals surface area (Å²) >= 11 is 3.30. The van der Waals surface area contributed by atoms with Gasteiger partial charge in [0.2, 0.25) is 11.8 Å². The Bertz CT molecular complexity index is 2030. The fourth-order valence-corrected chi connectivity index (χ4v) is 7.10. The Kier molecular flexibility index (Phi) is 11.1. The number of Topliss-reactive ketones (excluding diaryl/α,β-unsaturated/α-hetero) is 2. The molecule has 2 fully saturated rings. The van der Waals surface area contributed by atoms with E-state index in [0.717, 1.165) is 6.42 Å². The average molecular weight is 785 g/mol. The number of carbonyl (C=O) groups excluding carboxylic acids is 4. The van der Waals surface area contributed by atoms with Crippen LogP contribution in [0.4, 0.5) is 5.82 Å². The number of benzene rings is 1. The van der Waals surface area contributed by atoms with Gasteiger partial charge in [-0.2, -0.15) is 5.10 Å². The molecule has 1 unspecified atom stereocenters. The van der Waals surface area contributed by atoms with Crippen molar-refractivity contribution in [2.75, 3.05) is 32.2 Å². The minimum Gasteiger partial charge on any atom is -0.382 e. The molecule has 268 valence electrons. The number of likely N-dealkylation sites (tertiary alicyclic amines) is 1. The molecule has 0 bridgehead atoms. The van der Waals surface area contributed by atoms with Gasteiger partial charge in [-0.05, 0) is 64.5 Å². The van der Waals surface area contributed by atoms with Crippen molar-refractivity contribution in [1.29, 1.82) is 0 Å². The summed E-state index contributed by atoms with van der Waals surface area (Å²) in [5, 5.41) is 7.88. The number of nitrogens with zero attached hydrogens (tertiary/aromatic N) is 6. The van der Waals surface area contributed by atoms with Crippen LogP contribution < -0.4 is 5.32 Å². The summed E-state index contributed by atoms with van der Waals surface area (Å²) in [5.41, 5.74) is 2.14. The predicted octanol–water partition coefficient (Wildman–Crippen LogP) is 3.76. The highest BCUT2D eigenvalue weighted by molar-refractivity contribution is 9.10. The van der Waals surface area contributed by atoms with Crippen LogP contribution in [0.5, 0.6) is 0 Å². The molecular formula is C33H35BrN7O9P. The van der Waals surface area contributed by atoms with E-state index in [9.17, 15) is 28.6 Å². The van der Waals surface area contributed by atoms with Crippen LogP contribution >= 0.6 is 23.8 Å². The summed E-state index contributed by atoms with van der Waals surface area (Å²) in [6.45, 7) is 0.600. The largest absolute Gasteiger partial charge is 0.472 e. The van der Waals surface area contributed by atoms with Gasteiger partial charge in [0.15, 0.2) is 11.6 Å². The molecular weight excluding hydrogens is 749 g/mol. The van der Waals surface area contributed by atoms with Crippen LogP contribution in [-0.4, -0.2) is 96.9 Å². The topological polar surface area (TPSA) is 205 Å². The number of methoxy groups -OCH3 is 1. The molecule has 18 heteroatoms. The third kappa shape index (κ3) is 8.80. The van der Waals surface area contributed by atoms with E-state index in [4.69, 9.17) is 13.8 Å². The number of anilines is 1. The van der Waals surface area contributed by atoms with Crippen LogP contribution in [0.1, 0.15) is 42.5 Å². The molecule has 2 amide bonds. The number of pyridine rings is 1. The zero-order valence-corrected chi connectivity index (χ0v) is 30.2. The first-order valence-corrected chi connectivity index (χ1v) is 18.4. The van der Waals surface area contributed by atoms with Gasteiger partial charge in [0.25, 0.3) is 0 Å². The highest BCUT2D eigenvalue weighted by Gasteiger charge is 2.56. The highest BCUT2D eigenvalue weighted by Crippen LogP contribution is 2.48. The number of amides is 2. The fourth-order valence-electron chi connectivity index (χ4n) is 6.07. The van der Waals surface area contributed by atoms with Gasteiger partial charge < -0.3 is 19.8 Å². The number of fused-ring (bicyclic) bond motifs is 2. The SMILES string of the molecule is COCCOP(=O)(O)OCC(=O)CCc1ncc(-c2ccc3c(c2)c(C(C)=O)nn3CC(=O)N2[C@@H]3C[C@@H]3C[C@H]2C(=O)Nc2cccc(Br)n2)cn1. The van der Waals surface area contributed by atoms with Crippen molar-refractivity contribution in [2.45, 2.75) is 51.2 Å². The van der Waals surface area contributed by atoms with Gasteiger partial charge in [-0.25, -0.2) is 19.5 Å². The standard InChI is InChI=1S/C33H35BrN7O9P/c1-19(42)32-24-12-20(22-15-35-29(36-16-22)9-7-23(43)18-50-51(46,47)49-11-10-48-2)6-8-25(24)40(39-32)17-31(44)41-26-13-21(26)14-27(41)33(45)38-30-5-3-4-28(34)37-30/h3-6,8,12,15-16,21,26-27H,7,9-11,13-14,17-18H2,1-2H3,(H,46,47)(H,37,38,45)/t21-,26-,27+/m1/s1. The van der Waals surface area contributed by atoms with Crippen LogP contribution in [0.3, 0.4) is 0 Å². The van der Waals surface area contributed by atoms with Crippen molar-refractivity contribution in [1.82, 2.24) is 29.6 Å². The Morgan fingerprint density at radius 3 is 2.57 bits per heavy atom. The number of nitrogens with one attached hydrogen (secondary N) is 1. The van der Waals surface area contributed by atoms with E-state index in [0.29, 0.717) is 44.7 Å². The lowest BCUT2D eigenvalue weighted by Crippen LogP contribution is -2.46. The molecule has 4 heterocycles. The van der Waals surface area contributed by atoms with Gasteiger partial charge in [0, 0.05) is 56.3 Å². The van der Waals surface area contributed by atoms with Crippen LogP contribution in [0.2, 0.25) is 0 Å². The van der Waals surface area contributed by atoms with Crippen LogP contribution in [0, 0.1) is 5.92 Å². The van der Waals surface area contributed by atoms with E-state index in [-0.39, 0.29) is 67.9 Å². The van der Waals surface area contributed by atoms with Crippen LogP contribution in [-0.2, 0) is 45.7 Å². The summed E-state index contributed by atoms with van der Waals surface area (Å²) in [6, 6.07) is 9.92. The third-order valence-corrected chi connectivity index (χ3v) is 10.0. The van der Waals surface area contributed by atoms with E-state index >= 15 is 0 Å². The fraction of sp³-hybridized carbons (Fsp3) is 0.394. The minimum absolute atomic E-state index is 0.0103. The molecule has 2 aliphatic rings. The first kappa shape index (κ1) is 36.5. The Hall–Kier alpha value is -4.25. The van der Waals surface area contributed by atoms with Gasteiger partial charge >= 0.3 is 7.82 Å². The number of halogens is 1. The molecule has 1 aliphatic heterocycles. The maximum Gasteiger partial charge on any atom is 0.472 e. The molecule has 1 aromatic carbocycles. The minimum atomic E-state index is -4.37. The molecule has 3 aromatic heterocycles. The van der Waals surface area contributed by atoms with Crippen LogP contribution in [0.25, 0.3) is 22.0 Å². The molecule has 51 heavy (non-hydrogen) atoms. The molecule has 1 saturated heterocycles. The van der Waals surface area contributed by atoms with Gasteiger partial charge in [-0.1, -0.05) is 12.1 Å². The monoisotopic (exact) mass is 783 g/mol. The summed E-state index contributed by atoms with van der Waals surface area (Å²) in [5.74, 6) is -0.222. The zero-order chi connectivity index (χ0) is 36.3. The second-order valence-corrected chi connectivity index (χ2v) is 14.5. The van der Waals surface area contributed by atoms with Crippen molar-refractivity contribution < 1.29 is 42.4 Å². The van der Waals surface area contributed by atoms with E-state index in [1.54, 1.807) is 47.6 Å². The quantitative estimate of drug-likeness (QED) is 0.0720. The van der Waals surface area contributed by atoms with Gasteiger partial charge in [-0.15, -0.1) is 0 Å². The molecule has 1 saturated carbocycles. The number of phosphoric ester groups is 1. The average Bonchev–Trinajstić information content (AvgIpc) is 3.61. The van der Waals surface area contributed by atoms with Crippen molar-refractivity contribution in [2.24, 2.45) is 5.92 Å². The Labute approximate surface area is 300 Å². The van der Waals surface area contributed by atoms with E-state index < -0.39 is 26.3 Å². The van der Waals surface area contributed by atoms with Crippen LogP contribution in [0.15, 0.2) is 53.4 Å². The normalized spacial score (nSPS) is 19.1. The second kappa shape index (κ2) is 15.6. The molecule has 4 atom stereocenters. The van der Waals surface area contributed by atoms with Gasteiger partial charge in [0.1, 0.15) is 41.1 Å². The number of ether oxygens (including phenoxy) is 1.